The lowest BCUT2D eigenvalue weighted by Gasteiger charge is -2.14. The molecule has 0 amide bonds. The van der Waals surface area contributed by atoms with Crippen LogP contribution >= 0.6 is 0 Å². The summed E-state index contributed by atoms with van der Waals surface area (Å²) in [7, 11) is 0. The summed E-state index contributed by atoms with van der Waals surface area (Å²) >= 11 is 0. The topological polar surface area (TPSA) is 93.1 Å². The summed E-state index contributed by atoms with van der Waals surface area (Å²) in [6, 6.07) is 0. The molecule has 0 radical (unpaired) electrons. The van der Waals surface area contributed by atoms with Crippen LogP contribution in [0.1, 0.15) is 6.42 Å². The third-order valence-electron chi connectivity index (χ3n) is 1.84. The summed E-state index contributed by atoms with van der Waals surface area (Å²) in [5, 5.41) is 16.8. The minimum Gasteiger partial charge on any atom is -0.463 e. The lowest BCUT2D eigenvalue weighted by molar-refractivity contribution is -0.218. The molecular weight excluding hydrogens is 318 g/mol. The molecule has 2 N–H and O–H groups in total. The molecule has 0 unspecified atom stereocenters. The lowest BCUT2D eigenvalue weighted by Crippen LogP contribution is -2.38. The molecule has 6 nitrogen and oxygen atoms in total. The smallest absolute Gasteiger partial charge is 0.425 e. The van der Waals surface area contributed by atoms with Crippen molar-refractivity contribution in [2.75, 3.05) is 13.2 Å². The number of alkyl halides is 6. The zero-order chi connectivity index (χ0) is 16.8. The molecule has 0 aromatic heterocycles. The van der Waals surface area contributed by atoms with E-state index < -0.39 is 56.1 Å². The third-order valence-corrected chi connectivity index (χ3v) is 1.84. The van der Waals surface area contributed by atoms with Crippen molar-refractivity contribution in [2.45, 2.75) is 31.0 Å². The Morgan fingerprint density at radius 2 is 1.10 bits per heavy atom. The average Bonchev–Trinajstić information content (AvgIpc) is 2.33. The number of aliphatic hydroxyl groups excluding tert-OH is 2. The maximum absolute atomic E-state index is 11.8. The third kappa shape index (κ3) is 7.13. The van der Waals surface area contributed by atoms with Crippen molar-refractivity contribution in [3.8, 4) is 0 Å². The molecule has 0 bridgehead atoms. The Balaban J connectivity index is 3.93. The normalized spacial score (nSPS) is 15.2. The van der Waals surface area contributed by atoms with Crippen LogP contribution in [-0.2, 0) is 19.1 Å². The minimum absolute atomic E-state index is 0.424. The largest absolute Gasteiger partial charge is 0.463 e. The number of rotatable bonds is 6. The summed E-state index contributed by atoms with van der Waals surface area (Å²) in [6.07, 6.45) is -17.5. The van der Waals surface area contributed by atoms with Gasteiger partial charge in [-0.1, -0.05) is 0 Å². The zero-order valence-corrected chi connectivity index (χ0v) is 10.1. The molecule has 21 heavy (non-hydrogen) atoms. The van der Waals surface area contributed by atoms with Crippen LogP contribution in [0, 0.1) is 0 Å². The number of carbonyl (C=O) groups is 2. The number of halogens is 6. The summed E-state index contributed by atoms with van der Waals surface area (Å²) in [5.74, 6) is -3.99. The molecule has 0 saturated carbocycles. The van der Waals surface area contributed by atoms with E-state index in [2.05, 4.69) is 9.47 Å². The van der Waals surface area contributed by atoms with E-state index in [0.717, 1.165) is 0 Å². The highest BCUT2D eigenvalue weighted by Gasteiger charge is 2.45. The Kier molecular flexibility index (Phi) is 6.90. The molecule has 0 fully saturated rings. The average molecular weight is 328 g/mol. The minimum atomic E-state index is -5.21. The molecule has 2 atom stereocenters. The van der Waals surface area contributed by atoms with Crippen LogP contribution in [0.25, 0.3) is 0 Å². The lowest BCUT2D eigenvalue weighted by atomic mass is 10.3. The van der Waals surface area contributed by atoms with Gasteiger partial charge in [0.15, 0.2) is 0 Å². The fourth-order valence-corrected chi connectivity index (χ4v) is 0.830. The fraction of sp³-hybridized carbons (Fsp3) is 0.778. The van der Waals surface area contributed by atoms with Crippen molar-refractivity contribution in [2.24, 2.45) is 0 Å². The van der Waals surface area contributed by atoms with Crippen molar-refractivity contribution in [3.63, 3.8) is 0 Å². The second kappa shape index (κ2) is 7.45. The van der Waals surface area contributed by atoms with Gasteiger partial charge in [-0.2, -0.15) is 26.3 Å². The first kappa shape index (κ1) is 19.4. The summed E-state index contributed by atoms with van der Waals surface area (Å²) in [6.45, 7) is -1.47. The van der Waals surface area contributed by atoms with Crippen LogP contribution in [0.5, 0.6) is 0 Å². The Bertz CT molecular complexity index is 331. The van der Waals surface area contributed by atoms with E-state index in [1.165, 1.54) is 0 Å². The number of hydrogen-bond donors (Lipinski definition) is 2. The first-order valence-electron chi connectivity index (χ1n) is 5.20. The molecule has 0 aromatic rings. The van der Waals surface area contributed by atoms with Crippen molar-refractivity contribution >= 4 is 11.9 Å². The van der Waals surface area contributed by atoms with Gasteiger partial charge >= 0.3 is 24.3 Å². The second-order valence-electron chi connectivity index (χ2n) is 3.58. The van der Waals surface area contributed by atoms with E-state index >= 15 is 0 Å². The molecule has 0 aliphatic rings. The number of hydrogen-bond acceptors (Lipinski definition) is 6. The van der Waals surface area contributed by atoms with Gasteiger partial charge in [-0.05, 0) is 0 Å². The van der Waals surface area contributed by atoms with Crippen molar-refractivity contribution in [1.82, 2.24) is 0 Å². The van der Waals surface area contributed by atoms with E-state index in [4.69, 9.17) is 10.2 Å². The number of aliphatic hydroxyl groups is 2. The zero-order valence-electron chi connectivity index (χ0n) is 10.1. The molecular formula is C9H10F6O6. The first-order chi connectivity index (χ1) is 9.37. The van der Waals surface area contributed by atoms with Crippen molar-refractivity contribution in [1.29, 1.82) is 0 Å². The van der Waals surface area contributed by atoms with Crippen molar-refractivity contribution < 1.29 is 55.6 Å². The predicted molar refractivity (Wildman–Crippen MR) is 50.7 cm³/mol. The molecule has 0 aliphatic heterocycles. The monoisotopic (exact) mass is 328 g/mol. The van der Waals surface area contributed by atoms with Gasteiger partial charge in [-0.3, -0.25) is 0 Å². The molecule has 12 heteroatoms. The number of ether oxygens (including phenoxy) is 2. The highest BCUT2D eigenvalue weighted by atomic mass is 19.4. The fourth-order valence-electron chi connectivity index (χ4n) is 0.830. The van der Waals surface area contributed by atoms with E-state index in [1.54, 1.807) is 0 Å². The Morgan fingerprint density at radius 1 is 0.810 bits per heavy atom. The first-order valence-corrected chi connectivity index (χ1v) is 5.20. The highest BCUT2D eigenvalue weighted by Crippen LogP contribution is 2.21. The molecule has 0 aromatic carbocycles. The highest BCUT2D eigenvalue weighted by molar-refractivity contribution is 5.75. The molecule has 0 heterocycles. The maximum Gasteiger partial charge on any atom is 0.425 e. The van der Waals surface area contributed by atoms with Gasteiger partial charge in [0.05, 0.1) is 13.2 Å². The van der Waals surface area contributed by atoms with Gasteiger partial charge in [0.25, 0.3) is 0 Å². The SMILES string of the molecule is O=C(OCCCOC(=O)[C@@H](O)C(F)(F)F)[C@@H](O)C(F)(F)F. The van der Waals surface area contributed by atoms with Crippen LogP contribution in [0.15, 0.2) is 0 Å². The van der Waals surface area contributed by atoms with Gasteiger partial charge in [-0.15, -0.1) is 0 Å². The van der Waals surface area contributed by atoms with Crippen LogP contribution in [0.4, 0.5) is 26.3 Å². The molecule has 0 saturated heterocycles. The van der Waals surface area contributed by atoms with Crippen molar-refractivity contribution in [3.05, 3.63) is 0 Å². The summed E-state index contributed by atoms with van der Waals surface area (Å²) < 4.78 is 78.9. The predicted octanol–water partition coefficient (Wildman–Crippen LogP) is 0.309. The van der Waals surface area contributed by atoms with E-state index in [9.17, 15) is 35.9 Å². The van der Waals surface area contributed by atoms with E-state index in [-0.39, 0.29) is 0 Å². The molecule has 0 rings (SSSR count). The summed E-state index contributed by atoms with van der Waals surface area (Å²) in [4.78, 5) is 21.3. The van der Waals surface area contributed by atoms with Crippen LogP contribution in [0.2, 0.25) is 0 Å². The Morgan fingerprint density at radius 3 is 1.33 bits per heavy atom. The number of carbonyl (C=O) groups excluding carboxylic acids is 2. The number of esters is 2. The van der Waals surface area contributed by atoms with Gasteiger partial charge < -0.3 is 19.7 Å². The molecule has 0 spiro atoms. The van der Waals surface area contributed by atoms with Crippen LogP contribution < -0.4 is 0 Å². The Hall–Kier alpha value is -1.56. The van der Waals surface area contributed by atoms with E-state index in [1.807, 2.05) is 0 Å². The summed E-state index contributed by atoms with van der Waals surface area (Å²) in [5.41, 5.74) is 0. The van der Waals surface area contributed by atoms with Gasteiger partial charge in [0, 0.05) is 6.42 Å². The quantitative estimate of drug-likeness (QED) is 0.414. The molecule has 124 valence electrons. The van der Waals surface area contributed by atoms with Crippen LogP contribution in [0.3, 0.4) is 0 Å². The van der Waals surface area contributed by atoms with Gasteiger partial charge in [0.2, 0.25) is 12.2 Å². The Labute approximate surface area is 113 Å². The van der Waals surface area contributed by atoms with Gasteiger partial charge in [0.1, 0.15) is 0 Å². The second-order valence-corrected chi connectivity index (χ2v) is 3.58. The van der Waals surface area contributed by atoms with Crippen LogP contribution in [-0.4, -0.2) is 59.9 Å². The van der Waals surface area contributed by atoms with Gasteiger partial charge in [-0.25, -0.2) is 9.59 Å². The standard InChI is InChI=1S/C9H10F6O6/c10-8(11,12)4(16)6(18)20-2-1-3-21-7(19)5(17)9(13,14)15/h4-5,16-17H,1-3H2/t4-,5-/m1/s1. The maximum atomic E-state index is 11.8. The van der Waals surface area contributed by atoms with E-state index in [0.29, 0.717) is 0 Å². The molecule has 0 aliphatic carbocycles.